The molecular formula is C15H20N4O2. The minimum atomic E-state index is -0.378. The van der Waals surface area contributed by atoms with Crippen LogP contribution in [0.3, 0.4) is 0 Å². The Hall–Kier alpha value is -2.21. The zero-order valence-electron chi connectivity index (χ0n) is 12.2. The Labute approximate surface area is 124 Å². The van der Waals surface area contributed by atoms with Crippen LogP contribution < -0.4 is 5.32 Å². The van der Waals surface area contributed by atoms with Crippen LogP contribution in [0, 0.1) is 10.1 Å². The second kappa shape index (κ2) is 7.54. The Kier molecular flexibility index (Phi) is 5.45. The van der Waals surface area contributed by atoms with Crippen molar-refractivity contribution in [3.63, 3.8) is 0 Å². The Balaban J connectivity index is 1.90. The number of nitrogens with one attached hydrogen (secondary N) is 1. The Morgan fingerprint density at radius 3 is 2.76 bits per heavy atom. The fourth-order valence-electron chi connectivity index (χ4n) is 2.12. The molecule has 0 radical (unpaired) electrons. The molecule has 6 nitrogen and oxygen atoms in total. The van der Waals surface area contributed by atoms with Crippen LogP contribution in [0.2, 0.25) is 0 Å². The predicted octanol–water partition coefficient (Wildman–Crippen LogP) is 2.53. The average Bonchev–Trinajstić information content (AvgIpc) is 2.93. The van der Waals surface area contributed by atoms with Gasteiger partial charge in [-0.3, -0.25) is 10.1 Å². The number of benzene rings is 1. The van der Waals surface area contributed by atoms with Gasteiger partial charge in [0.1, 0.15) is 5.82 Å². The maximum atomic E-state index is 10.6. The van der Waals surface area contributed by atoms with Crippen LogP contribution in [0.1, 0.15) is 24.7 Å². The van der Waals surface area contributed by atoms with Gasteiger partial charge in [-0.05, 0) is 24.9 Å². The molecule has 2 rings (SSSR count). The van der Waals surface area contributed by atoms with Gasteiger partial charge < -0.3 is 9.88 Å². The monoisotopic (exact) mass is 288 g/mol. The van der Waals surface area contributed by atoms with E-state index in [0.717, 1.165) is 43.9 Å². The van der Waals surface area contributed by atoms with E-state index >= 15 is 0 Å². The number of hydrogen-bond acceptors (Lipinski definition) is 4. The molecule has 0 saturated carbocycles. The van der Waals surface area contributed by atoms with Crippen LogP contribution in [0.25, 0.3) is 0 Å². The van der Waals surface area contributed by atoms with E-state index in [9.17, 15) is 10.1 Å². The highest BCUT2D eigenvalue weighted by molar-refractivity contribution is 5.32. The van der Waals surface area contributed by atoms with Gasteiger partial charge in [-0.2, -0.15) is 0 Å². The van der Waals surface area contributed by atoms with Gasteiger partial charge in [-0.15, -0.1) is 0 Å². The van der Waals surface area contributed by atoms with Crippen LogP contribution in [-0.2, 0) is 19.5 Å². The van der Waals surface area contributed by atoms with Crippen LogP contribution >= 0.6 is 0 Å². The first kappa shape index (κ1) is 15.2. The maximum Gasteiger partial charge on any atom is 0.269 e. The molecule has 112 valence electrons. The van der Waals surface area contributed by atoms with E-state index in [1.807, 2.05) is 18.3 Å². The largest absolute Gasteiger partial charge is 0.334 e. The molecule has 1 aromatic carbocycles. The first-order valence-electron chi connectivity index (χ1n) is 7.14. The summed E-state index contributed by atoms with van der Waals surface area (Å²) in [5.74, 6) is 1.02. The van der Waals surface area contributed by atoms with Gasteiger partial charge in [0, 0.05) is 31.1 Å². The number of nitro groups is 1. The highest BCUT2D eigenvalue weighted by Gasteiger charge is 2.05. The SMILES string of the molecule is CCCNCc1nccn1CCc1ccc([N+](=O)[O-])cc1. The van der Waals surface area contributed by atoms with Crippen LogP contribution in [0.15, 0.2) is 36.7 Å². The lowest BCUT2D eigenvalue weighted by Gasteiger charge is -2.08. The van der Waals surface area contributed by atoms with Crippen molar-refractivity contribution in [1.29, 1.82) is 0 Å². The first-order chi connectivity index (χ1) is 10.2. The van der Waals surface area contributed by atoms with E-state index in [2.05, 4.69) is 21.8 Å². The van der Waals surface area contributed by atoms with Crippen molar-refractivity contribution < 1.29 is 4.92 Å². The molecule has 0 saturated heterocycles. The summed E-state index contributed by atoms with van der Waals surface area (Å²) in [6.07, 6.45) is 5.70. The van der Waals surface area contributed by atoms with Crippen LogP contribution in [0.4, 0.5) is 5.69 Å². The minimum absolute atomic E-state index is 0.130. The van der Waals surface area contributed by atoms with E-state index in [4.69, 9.17) is 0 Å². The molecule has 2 aromatic rings. The number of aryl methyl sites for hydroxylation is 2. The summed E-state index contributed by atoms with van der Waals surface area (Å²) in [6, 6.07) is 6.72. The second-order valence-electron chi connectivity index (χ2n) is 4.89. The number of imidazole rings is 1. The van der Waals surface area contributed by atoms with Crippen molar-refractivity contribution in [3.05, 3.63) is 58.2 Å². The fourth-order valence-corrected chi connectivity index (χ4v) is 2.12. The lowest BCUT2D eigenvalue weighted by Crippen LogP contribution is -2.18. The summed E-state index contributed by atoms with van der Waals surface area (Å²) in [4.78, 5) is 14.6. The molecule has 0 atom stereocenters. The Bertz CT molecular complexity index is 578. The van der Waals surface area contributed by atoms with Gasteiger partial charge in [0.25, 0.3) is 5.69 Å². The topological polar surface area (TPSA) is 73.0 Å². The third kappa shape index (κ3) is 4.39. The normalized spacial score (nSPS) is 10.7. The van der Waals surface area contributed by atoms with E-state index < -0.39 is 0 Å². The molecule has 1 heterocycles. The third-order valence-electron chi connectivity index (χ3n) is 3.30. The molecule has 0 bridgehead atoms. The number of rotatable bonds is 8. The molecule has 1 aromatic heterocycles. The van der Waals surface area contributed by atoms with Crippen molar-refractivity contribution in [2.45, 2.75) is 32.9 Å². The summed E-state index contributed by atoms with van der Waals surface area (Å²) in [7, 11) is 0. The average molecular weight is 288 g/mol. The molecule has 6 heteroatoms. The van der Waals surface area contributed by atoms with Gasteiger partial charge in [-0.25, -0.2) is 4.98 Å². The van der Waals surface area contributed by atoms with Gasteiger partial charge in [0.15, 0.2) is 0 Å². The summed E-state index contributed by atoms with van der Waals surface area (Å²) in [6.45, 7) is 4.70. The van der Waals surface area contributed by atoms with Crippen molar-refractivity contribution in [2.75, 3.05) is 6.54 Å². The minimum Gasteiger partial charge on any atom is -0.334 e. The Morgan fingerprint density at radius 2 is 2.10 bits per heavy atom. The van der Waals surface area contributed by atoms with Gasteiger partial charge in [0.2, 0.25) is 0 Å². The highest BCUT2D eigenvalue weighted by Crippen LogP contribution is 2.13. The van der Waals surface area contributed by atoms with Crippen LogP contribution in [-0.4, -0.2) is 21.0 Å². The molecule has 0 spiro atoms. The molecule has 0 unspecified atom stereocenters. The fraction of sp³-hybridized carbons (Fsp3) is 0.400. The first-order valence-corrected chi connectivity index (χ1v) is 7.14. The summed E-state index contributed by atoms with van der Waals surface area (Å²) in [5, 5.41) is 14.0. The standard InChI is InChI=1S/C15H20N4O2/c1-2-8-16-12-15-17-9-11-18(15)10-7-13-3-5-14(6-4-13)19(20)21/h3-6,9,11,16H,2,7-8,10,12H2,1H3. The lowest BCUT2D eigenvalue weighted by molar-refractivity contribution is -0.384. The van der Waals surface area contributed by atoms with Crippen molar-refractivity contribution in [2.24, 2.45) is 0 Å². The maximum absolute atomic E-state index is 10.6. The van der Waals surface area contributed by atoms with Crippen molar-refractivity contribution in [1.82, 2.24) is 14.9 Å². The zero-order valence-corrected chi connectivity index (χ0v) is 12.2. The van der Waals surface area contributed by atoms with Crippen molar-refractivity contribution >= 4 is 5.69 Å². The van der Waals surface area contributed by atoms with E-state index in [1.165, 1.54) is 0 Å². The molecule has 0 aliphatic heterocycles. The summed E-state index contributed by atoms with van der Waals surface area (Å²) in [5.41, 5.74) is 1.22. The molecule has 0 aliphatic carbocycles. The van der Waals surface area contributed by atoms with Gasteiger partial charge in [-0.1, -0.05) is 19.1 Å². The zero-order chi connectivity index (χ0) is 15.1. The predicted molar refractivity (Wildman–Crippen MR) is 81.0 cm³/mol. The number of nitro benzene ring substituents is 1. The second-order valence-corrected chi connectivity index (χ2v) is 4.89. The number of hydrogen-bond donors (Lipinski definition) is 1. The van der Waals surface area contributed by atoms with E-state index in [1.54, 1.807) is 18.3 Å². The summed E-state index contributed by atoms with van der Waals surface area (Å²) >= 11 is 0. The molecule has 21 heavy (non-hydrogen) atoms. The van der Waals surface area contributed by atoms with Crippen LogP contribution in [0.5, 0.6) is 0 Å². The Morgan fingerprint density at radius 1 is 1.33 bits per heavy atom. The van der Waals surface area contributed by atoms with Gasteiger partial charge in [0.05, 0.1) is 11.5 Å². The van der Waals surface area contributed by atoms with E-state index in [0.29, 0.717) is 0 Å². The molecule has 0 aliphatic rings. The number of aromatic nitrogens is 2. The van der Waals surface area contributed by atoms with Gasteiger partial charge >= 0.3 is 0 Å². The van der Waals surface area contributed by atoms with E-state index in [-0.39, 0.29) is 10.6 Å². The quantitative estimate of drug-likeness (QED) is 0.460. The smallest absolute Gasteiger partial charge is 0.269 e. The molecule has 0 amide bonds. The van der Waals surface area contributed by atoms with Crippen molar-refractivity contribution in [3.8, 4) is 0 Å². The summed E-state index contributed by atoms with van der Waals surface area (Å²) < 4.78 is 2.12. The lowest BCUT2D eigenvalue weighted by atomic mass is 10.1. The number of nitrogens with zero attached hydrogens (tertiary/aromatic N) is 3. The molecular weight excluding hydrogens is 268 g/mol. The number of non-ortho nitro benzene ring substituents is 1. The molecule has 0 fully saturated rings. The third-order valence-corrected chi connectivity index (χ3v) is 3.30. The molecule has 1 N–H and O–H groups in total. The highest BCUT2D eigenvalue weighted by atomic mass is 16.6.